The number of halogens is 2. The predicted octanol–water partition coefficient (Wildman–Crippen LogP) is 5.17. The molecular weight excluding hydrogens is 502 g/mol. The third-order valence-corrected chi connectivity index (χ3v) is 7.06. The quantitative estimate of drug-likeness (QED) is 0.331. The Kier molecular flexibility index (Phi) is 7.69. The Labute approximate surface area is 225 Å². The van der Waals surface area contributed by atoms with E-state index in [4.69, 9.17) is 4.84 Å². The Morgan fingerprint density at radius 1 is 1.10 bits per heavy atom. The number of nitrogens with zero attached hydrogens (tertiary/aromatic N) is 6. The second-order valence-electron chi connectivity index (χ2n) is 10.8. The Balaban J connectivity index is 1.67. The highest BCUT2D eigenvalue weighted by molar-refractivity contribution is 6.02. The van der Waals surface area contributed by atoms with Crippen molar-refractivity contribution in [3.05, 3.63) is 69.1 Å². The molecule has 39 heavy (non-hydrogen) atoms. The van der Waals surface area contributed by atoms with Gasteiger partial charge in [-0.2, -0.15) is 10.5 Å². The van der Waals surface area contributed by atoms with Crippen molar-refractivity contribution in [2.75, 3.05) is 11.9 Å². The van der Waals surface area contributed by atoms with E-state index in [0.717, 1.165) is 12.1 Å². The molecule has 2 heterocycles. The fraction of sp³-hybridized carbons (Fsp3) is 0.414. The Morgan fingerprint density at radius 2 is 1.79 bits per heavy atom. The van der Waals surface area contributed by atoms with E-state index in [0.29, 0.717) is 53.7 Å². The van der Waals surface area contributed by atoms with Crippen molar-refractivity contribution >= 4 is 22.4 Å². The molecule has 0 bridgehead atoms. The summed E-state index contributed by atoms with van der Waals surface area (Å²) in [5.41, 5.74) is 1.54. The molecule has 3 aromatic rings. The molecule has 0 N–H and O–H groups in total. The van der Waals surface area contributed by atoms with Crippen molar-refractivity contribution in [3.63, 3.8) is 0 Å². The van der Waals surface area contributed by atoms with E-state index in [2.05, 4.69) is 10.1 Å². The zero-order valence-corrected chi connectivity index (χ0v) is 22.6. The van der Waals surface area contributed by atoms with Gasteiger partial charge in [0.1, 0.15) is 34.5 Å². The molecule has 0 radical (unpaired) electrons. The topological polar surface area (TPSA) is 107 Å². The first kappa shape index (κ1) is 27.7. The second-order valence-corrected chi connectivity index (χ2v) is 10.8. The molecule has 1 fully saturated rings. The smallest absolute Gasteiger partial charge is 0.270 e. The van der Waals surface area contributed by atoms with Gasteiger partial charge in [0.2, 0.25) is 0 Å². The van der Waals surface area contributed by atoms with Crippen LogP contribution in [-0.2, 0) is 11.9 Å². The van der Waals surface area contributed by atoms with Crippen LogP contribution >= 0.6 is 0 Å². The predicted molar refractivity (Wildman–Crippen MR) is 144 cm³/mol. The lowest BCUT2D eigenvalue weighted by molar-refractivity contribution is -0.0000322. The lowest BCUT2D eigenvalue weighted by Gasteiger charge is -2.37. The van der Waals surface area contributed by atoms with Crippen molar-refractivity contribution in [1.82, 2.24) is 9.55 Å². The van der Waals surface area contributed by atoms with E-state index >= 15 is 0 Å². The van der Waals surface area contributed by atoms with Crippen LogP contribution in [0.3, 0.4) is 0 Å². The molecule has 1 aliphatic rings. The van der Waals surface area contributed by atoms with E-state index in [9.17, 15) is 24.1 Å². The maximum Gasteiger partial charge on any atom is 0.270 e. The molecule has 8 nitrogen and oxygen atoms in total. The second kappa shape index (κ2) is 10.8. The Hall–Kier alpha value is -4.31. The third kappa shape index (κ3) is 5.61. The van der Waals surface area contributed by atoms with Crippen molar-refractivity contribution in [2.24, 2.45) is 18.1 Å². The van der Waals surface area contributed by atoms with Gasteiger partial charge in [0.15, 0.2) is 11.6 Å². The van der Waals surface area contributed by atoms with Crippen molar-refractivity contribution in [3.8, 4) is 12.1 Å². The molecule has 1 aromatic carbocycles. The average molecular weight is 533 g/mol. The number of hydrogen-bond acceptors (Lipinski definition) is 7. The first-order valence-corrected chi connectivity index (χ1v) is 12.7. The maximum absolute atomic E-state index is 14.1. The van der Waals surface area contributed by atoms with Gasteiger partial charge in [0.05, 0.1) is 16.9 Å². The fourth-order valence-electron chi connectivity index (χ4n) is 5.02. The van der Waals surface area contributed by atoms with E-state index in [1.54, 1.807) is 19.2 Å². The van der Waals surface area contributed by atoms with Gasteiger partial charge in [-0.1, -0.05) is 5.16 Å². The molecule has 10 heteroatoms. The number of nitriles is 2. The minimum Gasteiger partial charge on any atom is -0.390 e. The van der Waals surface area contributed by atoms with Crippen LogP contribution in [0.5, 0.6) is 0 Å². The van der Waals surface area contributed by atoms with Gasteiger partial charge in [-0.25, -0.2) is 13.8 Å². The molecule has 1 saturated carbocycles. The van der Waals surface area contributed by atoms with Gasteiger partial charge in [0, 0.05) is 31.6 Å². The van der Waals surface area contributed by atoms with Crippen LogP contribution < -0.4 is 10.5 Å². The number of hydrogen-bond donors (Lipinski definition) is 0. The highest BCUT2D eigenvalue weighted by atomic mass is 19.2. The van der Waals surface area contributed by atoms with Crippen molar-refractivity contribution in [2.45, 2.75) is 58.1 Å². The summed E-state index contributed by atoms with van der Waals surface area (Å²) in [5, 5.41) is 23.7. The zero-order chi connectivity index (χ0) is 28.5. The minimum absolute atomic E-state index is 0.0279. The molecule has 0 amide bonds. The average Bonchev–Trinajstić information content (AvgIpc) is 2.91. The molecule has 1 aliphatic carbocycles. The summed E-state index contributed by atoms with van der Waals surface area (Å²) in [6.07, 6.45) is 2.70. The SMILES string of the molecule is CN(c1c(C#N)c(=O)n(C)c2ccc(C#N)nc12)C1CCC(/C(=N\OC(C)(C)C)c2ccc(F)c(F)c2)CC1. The van der Waals surface area contributed by atoms with Crippen LogP contribution in [0.1, 0.15) is 63.3 Å². The summed E-state index contributed by atoms with van der Waals surface area (Å²) in [7, 11) is 3.40. The van der Waals surface area contributed by atoms with Crippen LogP contribution in [0.25, 0.3) is 11.0 Å². The van der Waals surface area contributed by atoms with Gasteiger partial charge in [-0.05, 0) is 76.8 Å². The summed E-state index contributed by atoms with van der Waals surface area (Å²) in [4.78, 5) is 25.1. The van der Waals surface area contributed by atoms with E-state index < -0.39 is 22.8 Å². The lowest BCUT2D eigenvalue weighted by atomic mass is 9.80. The summed E-state index contributed by atoms with van der Waals surface area (Å²) < 4.78 is 29.1. The Bertz CT molecular complexity index is 1590. The number of fused-ring (bicyclic) bond motifs is 1. The number of pyridine rings is 2. The highest BCUT2D eigenvalue weighted by Crippen LogP contribution is 2.35. The first-order valence-electron chi connectivity index (χ1n) is 12.7. The summed E-state index contributed by atoms with van der Waals surface area (Å²) >= 11 is 0. The first-order chi connectivity index (χ1) is 18.4. The van der Waals surface area contributed by atoms with Gasteiger partial charge in [-0.15, -0.1) is 0 Å². The van der Waals surface area contributed by atoms with E-state index in [1.165, 1.54) is 10.6 Å². The summed E-state index contributed by atoms with van der Waals surface area (Å²) in [6, 6.07) is 11.0. The Morgan fingerprint density at radius 3 is 2.38 bits per heavy atom. The molecule has 0 spiro atoms. The van der Waals surface area contributed by atoms with Crippen LogP contribution in [0, 0.1) is 40.2 Å². The number of aryl methyl sites for hydroxylation is 1. The van der Waals surface area contributed by atoms with Gasteiger partial charge in [-0.3, -0.25) is 4.79 Å². The van der Waals surface area contributed by atoms with Crippen LogP contribution in [0.15, 0.2) is 40.3 Å². The minimum atomic E-state index is -0.949. The molecular formula is C29H30F2N6O2. The lowest BCUT2D eigenvalue weighted by Crippen LogP contribution is -2.39. The monoisotopic (exact) mass is 532 g/mol. The standard InChI is InChI=1S/C29H30F2N6O2/c1-29(2,3)39-35-25(18-8-12-22(30)23(31)14-18)17-6-10-20(11-7-17)36(4)27-21(16-33)28(38)37(5)24-13-9-19(15-32)34-26(24)27/h8-9,12-14,17,20H,6-7,10-11H2,1-5H3/b35-25+. The molecule has 4 rings (SSSR count). The van der Waals surface area contributed by atoms with E-state index in [-0.39, 0.29) is 23.2 Å². The molecule has 0 atom stereocenters. The molecule has 0 saturated heterocycles. The number of anilines is 1. The van der Waals surface area contributed by atoms with Gasteiger partial charge >= 0.3 is 0 Å². The van der Waals surface area contributed by atoms with Crippen molar-refractivity contribution < 1.29 is 13.6 Å². The number of rotatable bonds is 5. The number of aromatic nitrogens is 2. The van der Waals surface area contributed by atoms with Gasteiger partial charge in [0.25, 0.3) is 5.56 Å². The highest BCUT2D eigenvalue weighted by Gasteiger charge is 2.32. The van der Waals surface area contributed by atoms with Crippen molar-refractivity contribution in [1.29, 1.82) is 10.5 Å². The largest absolute Gasteiger partial charge is 0.390 e. The summed E-state index contributed by atoms with van der Waals surface area (Å²) in [5.74, 6) is -1.95. The zero-order valence-electron chi connectivity index (χ0n) is 22.6. The van der Waals surface area contributed by atoms with Crippen LogP contribution in [0.2, 0.25) is 0 Å². The summed E-state index contributed by atoms with van der Waals surface area (Å²) in [6.45, 7) is 5.58. The number of benzene rings is 1. The third-order valence-electron chi connectivity index (χ3n) is 7.06. The van der Waals surface area contributed by atoms with E-state index in [1.807, 2.05) is 44.9 Å². The van der Waals surface area contributed by atoms with Gasteiger partial charge < -0.3 is 14.3 Å². The number of oxime groups is 1. The normalized spacial score (nSPS) is 17.9. The maximum atomic E-state index is 14.1. The fourth-order valence-corrected chi connectivity index (χ4v) is 5.02. The molecule has 0 aliphatic heterocycles. The van der Waals surface area contributed by atoms with Crippen LogP contribution in [-0.4, -0.2) is 34.0 Å². The van der Waals surface area contributed by atoms with Crippen LogP contribution in [0.4, 0.5) is 14.5 Å². The molecule has 2 aromatic heterocycles. The molecule has 0 unspecified atom stereocenters. The molecule has 202 valence electrons.